The van der Waals surface area contributed by atoms with Crippen LogP contribution in [0.2, 0.25) is 0 Å². The van der Waals surface area contributed by atoms with Gasteiger partial charge in [0.05, 0.1) is 7.11 Å². The average molecular weight is 339 g/mol. The van der Waals surface area contributed by atoms with Crippen LogP contribution in [0.1, 0.15) is 30.9 Å². The van der Waals surface area contributed by atoms with E-state index in [9.17, 15) is 0 Å². The van der Waals surface area contributed by atoms with Crippen LogP contribution in [0, 0.1) is 0 Å². The molecule has 1 aliphatic heterocycles. The van der Waals surface area contributed by atoms with Crippen molar-refractivity contribution in [1.29, 1.82) is 0 Å². The van der Waals surface area contributed by atoms with Gasteiger partial charge in [-0.3, -0.25) is 0 Å². The summed E-state index contributed by atoms with van der Waals surface area (Å²) in [4.78, 5) is 0. The topological polar surface area (TPSA) is 33.3 Å². The molecule has 0 bridgehead atoms. The molecule has 3 rings (SSSR count). The van der Waals surface area contributed by atoms with Crippen molar-refractivity contribution in [2.24, 2.45) is 0 Å². The first-order chi connectivity index (χ1) is 9.66. The van der Waals surface area contributed by atoms with E-state index in [0.717, 1.165) is 31.8 Å². The Morgan fingerprint density at radius 1 is 1.35 bits per heavy atom. The van der Waals surface area contributed by atoms with Crippen molar-refractivity contribution in [2.45, 2.75) is 37.6 Å². The van der Waals surface area contributed by atoms with Crippen LogP contribution in [-0.4, -0.2) is 32.8 Å². The molecule has 1 fully saturated rings. The molecule has 2 atom stereocenters. The summed E-state index contributed by atoms with van der Waals surface area (Å²) in [5.41, 5.74) is 2.98. The molecule has 1 aromatic rings. The Bertz CT molecular complexity index is 499. The number of piperazine rings is 1. The molecule has 0 amide bonds. The maximum atomic E-state index is 5.68. The lowest BCUT2D eigenvalue weighted by Crippen LogP contribution is -2.58. The monoisotopic (exact) mass is 338 g/mol. The fourth-order valence-corrected chi connectivity index (χ4v) is 4.38. The third-order valence-electron chi connectivity index (χ3n) is 4.94. The summed E-state index contributed by atoms with van der Waals surface area (Å²) < 4.78 is 6.91. The summed E-state index contributed by atoms with van der Waals surface area (Å²) in [7, 11) is 1.78. The largest absolute Gasteiger partial charge is 0.496 e. The Morgan fingerprint density at radius 3 is 2.90 bits per heavy atom. The third-order valence-corrected chi connectivity index (χ3v) is 5.68. The van der Waals surface area contributed by atoms with Gasteiger partial charge in [-0.25, -0.2) is 0 Å². The molecule has 2 aliphatic rings. The first kappa shape index (κ1) is 14.4. The molecule has 1 heterocycles. The predicted octanol–water partition coefficient (Wildman–Crippen LogP) is 2.61. The van der Waals surface area contributed by atoms with Gasteiger partial charge < -0.3 is 15.4 Å². The van der Waals surface area contributed by atoms with Crippen LogP contribution in [0.3, 0.4) is 0 Å². The number of halogens is 1. The smallest absolute Gasteiger partial charge is 0.123 e. The lowest BCUT2D eigenvalue weighted by molar-refractivity contribution is 0.240. The summed E-state index contributed by atoms with van der Waals surface area (Å²) >= 11 is 3.73. The van der Waals surface area contributed by atoms with Gasteiger partial charge in [0.2, 0.25) is 0 Å². The van der Waals surface area contributed by atoms with Crippen molar-refractivity contribution in [1.82, 2.24) is 10.6 Å². The van der Waals surface area contributed by atoms with E-state index in [4.69, 9.17) is 4.74 Å². The van der Waals surface area contributed by atoms with Crippen LogP contribution < -0.4 is 15.4 Å². The SMILES string of the molecule is COc1ccc(Br)c2c1C(C)(C1CNCCN1)CCC2. The summed E-state index contributed by atoms with van der Waals surface area (Å²) in [6.45, 7) is 5.54. The normalized spacial score (nSPS) is 29.9. The summed E-state index contributed by atoms with van der Waals surface area (Å²) in [5.74, 6) is 1.04. The van der Waals surface area contributed by atoms with Gasteiger partial charge in [-0.2, -0.15) is 0 Å². The Labute approximate surface area is 129 Å². The molecule has 1 aromatic carbocycles. The van der Waals surface area contributed by atoms with E-state index < -0.39 is 0 Å². The second-order valence-corrected chi connectivity index (χ2v) is 6.94. The number of hydrogen-bond acceptors (Lipinski definition) is 3. The molecule has 4 heteroatoms. The summed E-state index contributed by atoms with van der Waals surface area (Å²) in [5, 5.41) is 7.23. The molecular weight excluding hydrogens is 316 g/mol. The van der Waals surface area contributed by atoms with E-state index in [2.05, 4.69) is 45.6 Å². The standard InChI is InChI=1S/C16H23BrN2O/c1-16(14-10-18-8-9-19-14)7-3-4-11-12(17)5-6-13(20-2)15(11)16/h5-6,14,18-19H,3-4,7-10H2,1-2H3. The Kier molecular flexibility index (Phi) is 4.07. The number of benzene rings is 1. The van der Waals surface area contributed by atoms with Crippen LogP contribution >= 0.6 is 15.9 Å². The number of ether oxygens (including phenoxy) is 1. The minimum atomic E-state index is 0.135. The van der Waals surface area contributed by atoms with Gasteiger partial charge in [-0.1, -0.05) is 22.9 Å². The Morgan fingerprint density at radius 2 is 2.20 bits per heavy atom. The van der Waals surface area contributed by atoms with Gasteiger partial charge in [0.25, 0.3) is 0 Å². The van der Waals surface area contributed by atoms with Gasteiger partial charge in [0, 0.05) is 41.1 Å². The quantitative estimate of drug-likeness (QED) is 0.869. The fraction of sp³-hybridized carbons (Fsp3) is 0.625. The minimum Gasteiger partial charge on any atom is -0.496 e. The van der Waals surface area contributed by atoms with Crippen molar-refractivity contribution < 1.29 is 4.74 Å². The van der Waals surface area contributed by atoms with Gasteiger partial charge in [-0.05, 0) is 37.0 Å². The van der Waals surface area contributed by atoms with Crippen LogP contribution in [-0.2, 0) is 11.8 Å². The highest BCUT2D eigenvalue weighted by molar-refractivity contribution is 9.10. The first-order valence-electron chi connectivity index (χ1n) is 7.47. The highest BCUT2D eigenvalue weighted by Crippen LogP contribution is 2.46. The number of nitrogens with one attached hydrogen (secondary N) is 2. The number of fused-ring (bicyclic) bond motifs is 1. The molecule has 0 aromatic heterocycles. The molecule has 0 radical (unpaired) electrons. The zero-order valence-corrected chi connectivity index (χ0v) is 13.8. The van der Waals surface area contributed by atoms with E-state index in [1.807, 2.05) is 0 Å². The molecule has 1 aliphatic carbocycles. The maximum absolute atomic E-state index is 5.68. The van der Waals surface area contributed by atoms with Gasteiger partial charge in [0.15, 0.2) is 0 Å². The third kappa shape index (κ3) is 2.28. The van der Waals surface area contributed by atoms with Crippen LogP contribution in [0.4, 0.5) is 0 Å². The maximum Gasteiger partial charge on any atom is 0.123 e. The predicted molar refractivity (Wildman–Crippen MR) is 85.6 cm³/mol. The molecule has 0 saturated carbocycles. The van der Waals surface area contributed by atoms with Crippen LogP contribution in [0.25, 0.3) is 0 Å². The second kappa shape index (κ2) is 5.66. The molecular formula is C16H23BrN2O. The van der Waals surface area contributed by atoms with Crippen molar-refractivity contribution in [2.75, 3.05) is 26.7 Å². The van der Waals surface area contributed by atoms with Gasteiger partial charge in [0.1, 0.15) is 5.75 Å². The zero-order valence-electron chi connectivity index (χ0n) is 12.3. The zero-order chi connectivity index (χ0) is 14.2. The molecule has 20 heavy (non-hydrogen) atoms. The highest BCUT2D eigenvalue weighted by Gasteiger charge is 2.42. The minimum absolute atomic E-state index is 0.135. The second-order valence-electron chi connectivity index (χ2n) is 6.09. The summed E-state index contributed by atoms with van der Waals surface area (Å²) in [6.07, 6.45) is 3.60. The van der Waals surface area contributed by atoms with Gasteiger partial charge >= 0.3 is 0 Å². The van der Waals surface area contributed by atoms with Crippen LogP contribution in [0.5, 0.6) is 5.75 Å². The van der Waals surface area contributed by atoms with Crippen molar-refractivity contribution >= 4 is 15.9 Å². The van der Waals surface area contributed by atoms with Crippen LogP contribution in [0.15, 0.2) is 16.6 Å². The number of rotatable bonds is 2. The van der Waals surface area contributed by atoms with Gasteiger partial charge in [-0.15, -0.1) is 0 Å². The lowest BCUT2D eigenvalue weighted by atomic mass is 9.66. The van der Waals surface area contributed by atoms with E-state index in [-0.39, 0.29) is 5.41 Å². The van der Waals surface area contributed by atoms with E-state index in [0.29, 0.717) is 6.04 Å². The van der Waals surface area contributed by atoms with Crippen molar-refractivity contribution in [3.8, 4) is 5.75 Å². The lowest BCUT2D eigenvalue weighted by Gasteiger charge is -2.45. The highest BCUT2D eigenvalue weighted by atomic mass is 79.9. The van der Waals surface area contributed by atoms with Crippen molar-refractivity contribution in [3.05, 3.63) is 27.7 Å². The molecule has 3 nitrogen and oxygen atoms in total. The van der Waals surface area contributed by atoms with E-state index in [1.165, 1.54) is 28.4 Å². The fourth-order valence-electron chi connectivity index (χ4n) is 3.85. The number of methoxy groups -OCH3 is 1. The number of hydrogen-bond donors (Lipinski definition) is 2. The van der Waals surface area contributed by atoms with Crippen molar-refractivity contribution in [3.63, 3.8) is 0 Å². The molecule has 110 valence electrons. The average Bonchev–Trinajstić information content (AvgIpc) is 2.49. The molecule has 1 saturated heterocycles. The molecule has 2 unspecified atom stereocenters. The van der Waals surface area contributed by atoms with E-state index in [1.54, 1.807) is 7.11 Å². The molecule has 2 N–H and O–H groups in total. The van der Waals surface area contributed by atoms with E-state index >= 15 is 0 Å². The Balaban J connectivity index is 2.09. The molecule has 0 spiro atoms. The summed E-state index contributed by atoms with van der Waals surface area (Å²) in [6, 6.07) is 4.69. The Hall–Kier alpha value is -0.580. The first-order valence-corrected chi connectivity index (χ1v) is 8.26.